The van der Waals surface area contributed by atoms with Gasteiger partial charge in [0.05, 0.1) is 18.2 Å². The summed E-state index contributed by atoms with van der Waals surface area (Å²) in [5.41, 5.74) is 9.23. The van der Waals surface area contributed by atoms with E-state index in [0.29, 0.717) is 6.61 Å². The molecule has 0 amide bonds. The summed E-state index contributed by atoms with van der Waals surface area (Å²) in [5.74, 6) is 0.844. The van der Waals surface area contributed by atoms with Crippen LogP contribution in [0, 0.1) is 6.92 Å². The molecule has 1 atom stereocenters. The predicted molar refractivity (Wildman–Crippen MR) is 71.3 cm³/mol. The summed E-state index contributed by atoms with van der Waals surface area (Å²) in [7, 11) is 1.95. The molecule has 2 aromatic rings. The zero-order valence-electron chi connectivity index (χ0n) is 11.1. The molecule has 1 aromatic carbocycles. The van der Waals surface area contributed by atoms with Crippen LogP contribution < -0.4 is 10.5 Å². The average molecular weight is 245 g/mol. The fourth-order valence-electron chi connectivity index (χ4n) is 1.83. The molecule has 4 heteroatoms. The largest absolute Gasteiger partial charge is 0.487 e. The Balaban J connectivity index is 2.16. The quantitative estimate of drug-likeness (QED) is 0.899. The maximum atomic E-state index is 5.96. The van der Waals surface area contributed by atoms with Gasteiger partial charge in [-0.3, -0.25) is 0 Å². The second-order valence-electron chi connectivity index (χ2n) is 4.61. The lowest BCUT2D eigenvalue weighted by Crippen LogP contribution is -2.09. The molecule has 4 nitrogen and oxygen atoms in total. The highest BCUT2D eigenvalue weighted by Crippen LogP contribution is 2.25. The van der Waals surface area contributed by atoms with Crippen LogP contribution in [0.5, 0.6) is 5.75 Å². The van der Waals surface area contributed by atoms with E-state index < -0.39 is 0 Å². The van der Waals surface area contributed by atoms with Gasteiger partial charge in [0.1, 0.15) is 12.4 Å². The highest BCUT2D eigenvalue weighted by molar-refractivity contribution is 5.38. The number of aryl methyl sites for hydroxylation is 2. The first-order chi connectivity index (χ1) is 8.58. The van der Waals surface area contributed by atoms with Gasteiger partial charge in [-0.25, -0.2) is 4.98 Å². The Morgan fingerprint density at radius 1 is 1.44 bits per heavy atom. The second-order valence-corrected chi connectivity index (χ2v) is 4.61. The van der Waals surface area contributed by atoms with Crippen molar-refractivity contribution in [2.75, 3.05) is 0 Å². The van der Waals surface area contributed by atoms with Crippen LogP contribution in [-0.2, 0) is 13.7 Å². The average Bonchev–Trinajstić information content (AvgIpc) is 2.73. The van der Waals surface area contributed by atoms with Crippen molar-refractivity contribution in [3.63, 3.8) is 0 Å². The molecule has 0 radical (unpaired) electrons. The molecular formula is C14H19N3O. The van der Waals surface area contributed by atoms with Gasteiger partial charge in [0.25, 0.3) is 0 Å². The second kappa shape index (κ2) is 5.23. The van der Waals surface area contributed by atoms with Gasteiger partial charge >= 0.3 is 0 Å². The summed E-state index contributed by atoms with van der Waals surface area (Å²) in [5, 5.41) is 0. The first-order valence-corrected chi connectivity index (χ1v) is 6.02. The third kappa shape index (κ3) is 2.71. The normalized spacial score (nSPS) is 12.4. The molecule has 96 valence electrons. The van der Waals surface area contributed by atoms with Crippen LogP contribution in [-0.4, -0.2) is 9.55 Å². The minimum atomic E-state index is -0.0357. The third-order valence-electron chi connectivity index (χ3n) is 2.95. The molecule has 2 N–H and O–H groups in total. The highest BCUT2D eigenvalue weighted by Gasteiger charge is 2.09. The molecule has 0 spiro atoms. The van der Waals surface area contributed by atoms with Crippen LogP contribution in [0.15, 0.2) is 30.7 Å². The van der Waals surface area contributed by atoms with Gasteiger partial charge in [-0.15, -0.1) is 0 Å². The van der Waals surface area contributed by atoms with E-state index in [-0.39, 0.29) is 6.04 Å². The number of nitrogens with two attached hydrogens (primary N) is 1. The van der Waals surface area contributed by atoms with E-state index in [9.17, 15) is 0 Å². The SMILES string of the molecule is Cc1ccc(OCc2cncn2C)c([C@H](C)N)c1. The van der Waals surface area contributed by atoms with E-state index in [0.717, 1.165) is 17.0 Å². The number of ether oxygens (including phenoxy) is 1. The van der Waals surface area contributed by atoms with Crippen molar-refractivity contribution < 1.29 is 4.74 Å². The minimum Gasteiger partial charge on any atom is -0.487 e. The lowest BCUT2D eigenvalue weighted by molar-refractivity contribution is 0.292. The van der Waals surface area contributed by atoms with Crippen LogP contribution >= 0.6 is 0 Å². The van der Waals surface area contributed by atoms with E-state index in [1.165, 1.54) is 5.56 Å². The Morgan fingerprint density at radius 3 is 2.83 bits per heavy atom. The summed E-state index contributed by atoms with van der Waals surface area (Å²) < 4.78 is 7.78. The summed E-state index contributed by atoms with van der Waals surface area (Å²) in [6.45, 7) is 4.52. The predicted octanol–water partition coefficient (Wildman–Crippen LogP) is 2.33. The van der Waals surface area contributed by atoms with Gasteiger partial charge in [0.15, 0.2) is 0 Å². The van der Waals surface area contributed by atoms with Crippen molar-refractivity contribution in [2.45, 2.75) is 26.5 Å². The standard InChI is InChI=1S/C14H19N3O/c1-10-4-5-14(13(6-10)11(2)15)18-8-12-7-16-9-17(12)3/h4-7,9,11H,8,15H2,1-3H3/t11-/m0/s1. The zero-order chi connectivity index (χ0) is 13.1. The maximum absolute atomic E-state index is 5.96. The van der Waals surface area contributed by atoms with Gasteiger partial charge in [0.2, 0.25) is 0 Å². The molecule has 0 unspecified atom stereocenters. The zero-order valence-corrected chi connectivity index (χ0v) is 11.1. The Hall–Kier alpha value is -1.81. The fourth-order valence-corrected chi connectivity index (χ4v) is 1.83. The van der Waals surface area contributed by atoms with Crippen LogP contribution in [0.3, 0.4) is 0 Å². The van der Waals surface area contributed by atoms with Crippen molar-refractivity contribution in [1.29, 1.82) is 0 Å². The van der Waals surface area contributed by atoms with Crippen molar-refractivity contribution in [1.82, 2.24) is 9.55 Å². The Kier molecular flexibility index (Phi) is 3.67. The Labute approximate surface area is 107 Å². The summed E-state index contributed by atoms with van der Waals surface area (Å²) >= 11 is 0. The number of hydrogen-bond donors (Lipinski definition) is 1. The van der Waals surface area contributed by atoms with Crippen molar-refractivity contribution in [2.24, 2.45) is 12.8 Å². The van der Waals surface area contributed by atoms with Crippen molar-refractivity contribution in [3.8, 4) is 5.75 Å². The molecule has 1 aromatic heterocycles. The first-order valence-electron chi connectivity index (χ1n) is 6.02. The van der Waals surface area contributed by atoms with Crippen LogP contribution in [0.2, 0.25) is 0 Å². The van der Waals surface area contributed by atoms with Gasteiger partial charge in [0, 0.05) is 18.7 Å². The van der Waals surface area contributed by atoms with E-state index in [2.05, 4.69) is 18.0 Å². The number of rotatable bonds is 4. The number of benzene rings is 1. The number of nitrogens with zero attached hydrogens (tertiary/aromatic N) is 2. The van der Waals surface area contributed by atoms with Gasteiger partial charge in [-0.2, -0.15) is 0 Å². The first kappa shape index (κ1) is 12.6. The lowest BCUT2D eigenvalue weighted by atomic mass is 10.1. The van der Waals surface area contributed by atoms with E-state index >= 15 is 0 Å². The Bertz CT molecular complexity index is 532. The number of hydrogen-bond acceptors (Lipinski definition) is 3. The van der Waals surface area contributed by atoms with Gasteiger partial charge in [-0.05, 0) is 19.9 Å². The van der Waals surface area contributed by atoms with Crippen LogP contribution in [0.1, 0.15) is 29.8 Å². The summed E-state index contributed by atoms with van der Waals surface area (Å²) in [6, 6.07) is 6.05. The van der Waals surface area contributed by atoms with Gasteiger partial charge in [-0.1, -0.05) is 17.7 Å². The van der Waals surface area contributed by atoms with Crippen molar-refractivity contribution >= 4 is 0 Å². The summed E-state index contributed by atoms with van der Waals surface area (Å²) in [4.78, 5) is 4.06. The molecule has 2 rings (SSSR count). The molecule has 0 fully saturated rings. The lowest BCUT2D eigenvalue weighted by Gasteiger charge is -2.15. The fraction of sp³-hybridized carbons (Fsp3) is 0.357. The van der Waals surface area contributed by atoms with Gasteiger partial charge < -0.3 is 15.0 Å². The van der Waals surface area contributed by atoms with E-state index in [1.807, 2.05) is 30.7 Å². The molecule has 0 saturated heterocycles. The minimum absolute atomic E-state index is 0.0357. The topological polar surface area (TPSA) is 53.1 Å². The smallest absolute Gasteiger partial charge is 0.130 e. The summed E-state index contributed by atoms with van der Waals surface area (Å²) in [6.07, 6.45) is 3.57. The molecule has 0 aliphatic heterocycles. The monoisotopic (exact) mass is 245 g/mol. The molecular weight excluding hydrogens is 226 g/mol. The maximum Gasteiger partial charge on any atom is 0.130 e. The molecule has 0 aliphatic rings. The molecule has 1 heterocycles. The Morgan fingerprint density at radius 2 is 2.22 bits per heavy atom. The molecule has 18 heavy (non-hydrogen) atoms. The van der Waals surface area contributed by atoms with Crippen LogP contribution in [0.4, 0.5) is 0 Å². The highest BCUT2D eigenvalue weighted by atomic mass is 16.5. The van der Waals surface area contributed by atoms with Crippen molar-refractivity contribution in [3.05, 3.63) is 47.5 Å². The van der Waals surface area contributed by atoms with Crippen LogP contribution in [0.25, 0.3) is 0 Å². The number of aromatic nitrogens is 2. The molecule has 0 bridgehead atoms. The van der Waals surface area contributed by atoms with E-state index in [1.54, 1.807) is 12.5 Å². The molecule has 0 aliphatic carbocycles. The molecule has 0 saturated carbocycles. The van der Waals surface area contributed by atoms with E-state index in [4.69, 9.17) is 10.5 Å². The third-order valence-corrected chi connectivity index (χ3v) is 2.95. The number of imidazole rings is 1.